The molecule has 0 N–H and O–H groups in total. The summed E-state index contributed by atoms with van der Waals surface area (Å²) in [5.74, 6) is 0.127. The SMILES string of the molecule is COCCCc1cc2c(cc1N1CCN(C3COC3)CC1)C(C)(C)C1=C(C2=O)c2ccc(C#N)cc2C1. The quantitative estimate of drug-likeness (QED) is 0.559. The number of aryl methyl sites for hydroxylation is 1. The van der Waals surface area contributed by atoms with Crippen LogP contribution in [0.5, 0.6) is 0 Å². The van der Waals surface area contributed by atoms with Gasteiger partial charge in [0.25, 0.3) is 0 Å². The Hall–Kier alpha value is -2.98. The molecule has 0 radical (unpaired) electrons. The maximum Gasteiger partial charge on any atom is 0.193 e. The topological polar surface area (TPSA) is 65.8 Å². The third kappa shape index (κ3) is 4.01. The number of fused-ring (bicyclic) bond motifs is 3. The van der Waals surface area contributed by atoms with Crippen molar-refractivity contribution in [2.45, 2.75) is 44.6 Å². The molecule has 37 heavy (non-hydrogen) atoms. The number of hydrogen-bond acceptors (Lipinski definition) is 6. The average molecular weight is 498 g/mol. The van der Waals surface area contributed by atoms with Gasteiger partial charge in [0.1, 0.15) is 0 Å². The van der Waals surface area contributed by atoms with Crippen molar-refractivity contribution in [3.63, 3.8) is 0 Å². The van der Waals surface area contributed by atoms with E-state index in [9.17, 15) is 10.1 Å². The van der Waals surface area contributed by atoms with Gasteiger partial charge >= 0.3 is 0 Å². The summed E-state index contributed by atoms with van der Waals surface area (Å²) in [5.41, 5.74) is 8.98. The number of piperazine rings is 1. The number of rotatable bonds is 6. The number of anilines is 1. The highest BCUT2D eigenvalue weighted by Crippen LogP contribution is 2.51. The van der Waals surface area contributed by atoms with Crippen LogP contribution in [0.15, 0.2) is 35.9 Å². The summed E-state index contributed by atoms with van der Waals surface area (Å²) in [4.78, 5) is 19.1. The number of hydrogen-bond donors (Lipinski definition) is 0. The van der Waals surface area contributed by atoms with Crippen LogP contribution in [0.4, 0.5) is 5.69 Å². The number of nitrogens with zero attached hydrogens (tertiary/aromatic N) is 3. The van der Waals surface area contributed by atoms with Gasteiger partial charge in [-0.2, -0.15) is 5.26 Å². The molecular formula is C31H35N3O3. The van der Waals surface area contributed by atoms with Crippen molar-refractivity contribution in [2.24, 2.45) is 0 Å². The zero-order valence-corrected chi connectivity index (χ0v) is 22.1. The van der Waals surface area contributed by atoms with Gasteiger partial charge in [0, 0.05) is 62.1 Å². The van der Waals surface area contributed by atoms with Gasteiger partial charge in [-0.1, -0.05) is 19.9 Å². The van der Waals surface area contributed by atoms with Gasteiger partial charge in [-0.05, 0) is 71.4 Å². The lowest BCUT2D eigenvalue weighted by molar-refractivity contribution is -0.0660. The molecule has 0 saturated carbocycles. The second kappa shape index (κ2) is 9.40. The van der Waals surface area contributed by atoms with Gasteiger partial charge < -0.3 is 14.4 Å². The van der Waals surface area contributed by atoms with Gasteiger partial charge in [-0.15, -0.1) is 0 Å². The van der Waals surface area contributed by atoms with Crippen LogP contribution in [0.1, 0.15) is 58.4 Å². The fourth-order valence-corrected chi connectivity index (χ4v) is 6.59. The molecular weight excluding hydrogens is 462 g/mol. The Morgan fingerprint density at radius 2 is 1.89 bits per heavy atom. The van der Waals surface area contributed by atoms with E-state index in [4.69, 9.17) is 9.47 Å². The summed E-state index contributed by atoms with van der Waals surface area (Å²) >= 11 is 0. The minimum absolute atomic E-state index is 0.127. The first kappa shape index (κ1) is 24.4. The van der Waals surface area contributed by atoms with Crippen LogP contribution >= 0.6 is 0 Å². The highest BCUT2D eigenvalue weighted by Gasteiger charge is 2.43. The molecule has 6 rings (SSSR count). The second-order valence-electron chi connectivity index (χ2n) is 11.3. The first-order valence-corrected chi connectivity index (χ1v) is 13.5. The Kier molecular flexibility index (Phi) is 6.19. The van der Waals surface area contributed by atoms with E-state index < -0.39 is 0 Å². The standard InChI is InChI=1S/C31H35N3O3/c1-31(2)26-16-28(34-10-8-33(9-11-34)23-18-37-19-23)21(5-4-12-36-3)14-25(26)30(35)29-24-7-6-20(17-32)13-22(24)15-27(29)31/h6-7,13-14,16,23H,4-5,8-12,15,18-19H2,1-3H3. The average Bonchev–Trinajstić information content (AvgIpc) is 3.27. The van der Waals surface area contributed by atoms with Crippen LogP contribution in [0.25, 0.3) is 5.57 Å². The van der Waals surface area contributed by atoms with Crippen molar-refractivity contribution in [1.82, 2.24) is 4.90 Å². The first-order valence-electron chi connectivity index (χ1n) is 13.5. The lowest BCUT2D eigenvalue weighted by Gasteiger charge is -2.44. The van der Waals surface area contributed by atoms with Gasteiger partial charge in [0.2, 0.25) is 0 Å². The number of allylic oxidation sites excluding steroid dienone is 2. The highest BCUT2D eigenvalue weighted by atomic mass is 16.5. The number of benzene rings is 2. The summed E-state index contributed by atoms with van der Waals surface area (Å²) in [7, 11) is 1.74. The molecule has 2 aliphatic heterocycles. The summed E-state index contributed by atoms with van der Waals surface area (Å²) in [6.07, 6.45) is 2.53. The molecule has 2 heterocycles. The van der Waals surface area contributed by atoms with Gasteiger partial charge in [0.15, 0.2) is 5.78 Å². The van der Waals surface area contributed by atoms with E-state index in [1.54, 1.807) is 7.11 Å². The molecule has 0 unspecified atom stereocenters. The molecule has 0 atom stereocenters. The van der Waals surface area contributed by atoms with E-state index in [0.29, 0.717) is 18.2 Å². The predicted octanol–water partition coefficient (Wildman–Crippen LogP) is 4.14. The third-order valence-electron chi connectivity index (χ3n) is 8.88. The summed E-state index contributed by atoms with van der Waals surface area (Å²) in [6, 6.07) is 13.1. The second-order valence-corrected chi connectivity index (χ2v) is 11.3. The largest absolute Gasteiger partial charge is 0.385 e. The van der Waals surface area contributed by atoms with E-state index in [0.717, 1.165) is 86.5 Å². The number of nitriles is 1. The Bertz CT molecular complexity index is 1320. The van der Waals surface area contributed by atoms with Gasteiger partial charge in [-0.3, -0.25) is 9.69 Å². The molecule has 4 aliphatic rings. The maximum absolute atomic E-state index is 14.1. The van der Waals surface area contributed by atoms with Crippen molar-refractivity contribution >= 4 is 17.0 Å². The molecule has 2 fully saturated rings. The molecule has 192 valence electrons. The minimum atomic E-state index is -0.269. The van der Waals surface area contributed by atoms with Gasteiger partial charge in [-0.25, -0.2) is 0 Å². The van der Waals surface area contributed by atoms with Crippen LogP contribution in [0.2, 0.25) is 0 Å². The van der Waals surface area contributed by atoms with Crippen LogP contribution in [-0.4, -0.2) is 69.8 Å². The van der Waals surface area contributed by atoms with Crippen LogP contribution in [-0.2, 0) is 27.7 Å². The fraction of sp³-hybridized carbons (Fsp3) is 0.484. The molecule has 2 aromatic carbocycles. The van der Waals surface area contributed by atoms with Crippen LogP contribution in [0, 0.1) is 11.3 Å². The summed E-state index contributed by atoms with van der Waals surface area (Å²) in [5, 5.41) is 9.41. The van der Waals surface area contributed by atoms with Crippen molar-refractivity contribution in [2.75, 3.05) is 58.0 Å². The van der Waals surface area contributed by atoms with Crippen LogP contribution < -0.4 is 4.90 Å². The molecule has 2 aromatic rings. The fourth-order valence-electron chi connectivity index (χ4n) is 6.59. The molecule has 0 bridgehead atoms. The van der Waals surface area contributed by atoms with Crippen molar-refractivity contribution in [1.29, 1.82) is 5.26 Å². The number of ketones is 1. The highest BCUT2D eigenvalue weighted by molar-refractivity contribution is 6.33. The van der Waals surface area contributed by atoms with E-state index in [1.807, 2.05) is 18.2 Å². The van der Waals surface area contributed by atoms with E-state index in [2.05, 4.69) is 41.8 Å². The smallest absolute Gasteiger partial charge is 0.193 e. The normalized spacial score (nSPS) is 20.8. The molecule has 0 amide bonds. The molecule has 6 heteroatoms. The molecule has 2 saturated heterocycles. The van der Waals surface area contributed by atoms with Crippen molar-refractivity contribution in [3.05, 3.63) is 69.3 Å². The minimum Gasteiger partial charge on any atom is -0.385 e. The number of carbonyl (C=O) groups excluding carboxylic acids is 1. The number of Topliss-reactive ketones (excluding diaryl/α,β-unsaturated/α-hetero) is 1. The lowest BCUT2D eigenvalue weighted by Crippen LogP contribution is -2.56. The molecule has 2 aliphatic carbocycles. The Labute approximate surface area is 219 Å². The predicted molar refractivity (Wildman–Crippen MR) is 144 cm³/mol. The van der Waals surface area contributed by atoms with Crippen molar-refractivity contribution in [3.8, 4) is 6.07 Å². The molecule has 6 nitrogen and oxygen atoms in total. The number of ether oxygens (including phenoxy) is 2. The Morgan fingerprint density at radius 1 is 1.11 bits per heavy atom. The van der Waals surface area contributed by atoms with E-state index in [1.165, 1.54) is 16.8 Å². The number of methoxy groups -OCH3 is 1. The zero-order valence-electron chi connectivity index (χ0n) is 22.1. The number of carbonyl (C=O) groups is 1. The monoisotopic (exact) mass is 497 g/mol. The maximum atomic E-state index is 14.1. The Balaban J connectivity index is 1.38. The Morgan fingerprint density at radius 3 is 2.57 bits per heavy atom. The first-order chi connectivity index (χ1) is 17.9. The lowest BCUT2D eigenvalue weighted by atomic mass is 9.68. The molecule has 0 aromatic heterocycles. The third-order valence-corrected chi connectivity index (χ3v) is 8.88. The summed E-state index contributed by atoms with van der Waals surface area (Å²) < 4.78 is 10.8. The van der Waals surface area contributed by atoms with E-state index in [-0.39, 0.29) is 11.2 Å². The molecule has 0 spiro atoms. The van der Waals surface area contributed by atoms with Gasteiger partial charge in [0.05, 0.1) is 30.9 Å². The van der Waals surface area contributed by atoms with Crippen LogP contribution in [0.3, 0.4) is 0 Å². The summed E-state index contributed by atoms with van der Waals surface area (Å²) in [6.45, 7) is 11.0. The van der Waals surface area contributed by atoms with E-state index >= 15 is 0 Å². The zero-order chi connectivity index (χ0) is 25.7. The van der Waals surface area contributed by atoms with Crippen molar-refractivity contribution < 1.29 is 14.3 Å².